The average molecular weight is 266 g/mol. The summed E-state index contributed by atoms with van der Waals surface area (Å²) in [5.41, 5.74) is 8.78. The van der Waals surface area contributed by atoms with Crippen molar-refractivity contribution in [3.05, 3.63) is 59.9 Å². The quantitative estimate of drug-likeness (QED) is 0.768. The maximum absolute atomic E-state index is 5.59. The molecule has 0 spiro atoms. The molecule has 0 radical (unpaired) electrons. The van der Waals surface area contributed by atoms with Crippen molar-refractivity contribution in [1.82, 2.24) is 25.2 Å². The van der Waals surface area contributed by atoms with Crippen molar-refractivity contribution in [2.45, 2.75) is 13.1 Å². The lowest BCUT2D eigenvalue weighted by Crippen LogP contribution is -2.05. The van der Waals surface area contributed by atoms with E-state index in [-0.39, 0.29) is 0 Å². The van der Waals surface area contributed by atoms with Crippen LogP contribution in [0.1, 0.15) is 11.1 Å². The summed E-state index contributed by atoms with van der Waals surface area (Å²) < 4.78 is 1.77. The van der Waals surface area contributed by atoms with Gasteiger partial charge < -0.3 is 5.73 Å². The van der Waals surface area contributed by atoms with Crippen LogP contribution in [0.15, 0.2) is 48.8 Å². The largest absolute Gasteiger partial charge is 0.326 e. The second-order valence-corrected chi connectivity index (χ2v) is 4.42. The molecule has 0 unspecified atom stereocenters. The van der Waals surface area contributed by atoms with Crippen LogP contribution < -0.4 is 5.73 Å². The van der Waals surface area contributed by atoms with Crippen LogP contribution in [0.5, 0.6) is 0 Å². The molecule has 0 atom stereocenters. The predicted octanol–water partition coefficient (Wildman–Crippen LogP) is 1.24. The van der Waals surface area contributed by atoms with Crippen molar-refractivity contribution < 1.29 is 0 Å². The van der Waals surface area contributed by atoms with Crippen molar-refractivity contribution in [3.63, 3.8) is 0 Å². The molecule has 1 aromatic carbocycles. The Labute approximate surface area is 116 Å². The van der Waals surface area contributed by atoms with E-state index < -0.39 is 0 Å². The van der Waals surface area contributed by atoms with Gasteiger partial charge in [-0.1, -0.05) is 24.3 Å². The molecule has 3 rings (SSSR count). The fraction of sp³-hybridized carbons (Fsp3) is 0.143. The molecule has 3 aromatic rings. The van der Waals surface area contributed by atoms with Gasteiger partial charge in [-0.25, -0.2) is 4.68 Å². The third-order valence-corrected chi connectivity index (χ3v) is 3.06. The van der Waals surface area contributed by atoms with Crippen LogP contribution in [-0.2, 0) is 13.1 Å². The highest BCUT2D eigenvalue weighted by atomic mass is 15.5. The van der Waals surface area contributed by atoms with Crippen molar-refractivity contribution >= 4 is 0 Å². The van der Waals surface area contributed by atoms with E-state index in [1.165, 1.54) is 0 Å². The molecule has 20 heavy (non-hydrogen) atoms. The SMILES string of the molecule is NCc1ccc(Cn2nnnc2-c2ccncc2)cc1. The summed E-state index contributed by atoms with van der Waals surface area (Å²) in [6.45, 7) is 1.17. The number of nitrogens with two attached hydrogens (primary N) is 1. The van der Waals surface area contributed by atoms with Crippen LogP contribution in [-0.4, -0.2) is 25.2 Å². The molecule has 2 heterocycles. The summed E-state index contributed by atoms with van der Waals surface area (Å²) in [6, 6.07) is 11.9. The summed E-state index contributed by atoms with van der Waals surface area (Å²) in [5.74, 6) is 0.732. The zero-order chi connectivity index (χ0) is 13.8. The van der Waals surface area contributed by atoms with Gasteiger partial charge in [0.05, 0.1) is 6.54 Å². The van der Waals surface area contributed by atoms with E-state index in [1.54, 1.807) is 17.1 Å². The first-order chi connectivity index (χ1) is 9.86. The first-order valence-corrected chi connectivity index (χ1v) is 6.31. The Morgan fingerprint density at radius 2 is 1.65 bits per heavy atom. The molecule has 0 fully saturated rings. The number of aromatic nitrogens is 5. The van der Waals surface area contributed by atoms with E-state index in [2.05, 4.69) is 20.5 Å². The molecule has 100 valence electrons. The number of benzene rings is 1. The number of rotatable bonds is 4. The van der Waals surface area contributed by atoms with Crippen molar-refractivity contribution in [2.75, 3.05) is 0 Å². The molecule has 0 bridgehead atoms. The fourth-order valence-electron chi connectivity index (χ4n) is 1.97. The van der Waals surface area contributed by atoms with Crippen LogP contribution >= 0.6 is 0 Å². The molecule has 6 nitrogen and oxygen atoms in total. The molecule has 6 heteroatoms. The average Bonchev–Trinajstić information content (AvgIpc) is 2.97. The van der Waals surface area contributed by atoms with Crippen LogP contribution in [0.3, 0.4) is 0 Å². The second-order valence-electron chi connectivity index (χ2n) is 4.42. The van der Waals surface area contributed by atoms with Gasteiger partial charge in [0.1, 0.15) is 0 Å². The first kappa shape index (κ1) is 12.4. The van der Waals surface area contributed by atoms with Gasteiger partial charge in [-0.2, -0.15) is 0 Å². The van der Waals surface area contributed by atoms with Gasteiger partial charge in [-0.05, 0) is 33.7 Å². The van der Waals surface area contributed by atoms with E-state index in [0.717, 1.165) is 22.5 Å². The van der Waals surface area contributed by atoms with Crippen LogP contribution in [0, 0.1) is 0 Å². The minimum absolute atomic E-state index is 0.549. The zero-order valence-corrected chi connectivity index (χ0v) is 10.8. The number of hydrogen-bond acceptors (Lipinski definition) is 5. The summed E-state index contributed by atoms with van der Waals surface area (Å²) in [4.78, 5) is 4.00. The number of nitrogens with zero attached hydrogens (tertiary/aromatic N) is 5. The highest BCUT2D eigenvalue weighted by Gasteiger charge is 2.08. The number of pyridine rings is 1. The minimum Gasteiger partial charge on any atom is -0.326 e. The Morgan fingerprint density at radius 1 is 0.950 bits per heavy atom. The fourth-order valence-corrected chi connectivity index (χ4v) is 1.97. The normalized spacial score (nSPS) is 10.7. The van der Waals surface area contributed by atoms with E-state index in [1.807, 2.05) is 36.4 Å². The van der Waals surface area contributed by atoms with Crippen molar-refractivity contribution in [2.24, 2.45) is 5.73 Å². The van der Waals surface area contributed by atoms with E-state index in [9.17, 15) is 0 Å². The standard InChI is InChI=1S/C14H14N6/c15-9-11-1-3-12(4-2-11)10-20-14(17-18-19-20)13-5-7-16-8-6-13/h1-8H,9-10,15H2. The lowest BCUT2D eigenvalue weighted by molar-refractivity contribution is 0.653. The predicted molar refractivity (Wildman–Crippen MR) is 74.5 cm³/mol. The van der Waals surface area contributed by atoms with Gasteiger partial charge in [-0.15, -0.1) is 5.10 Å². The lowest BCUT2D eigenvalue weighted by Gasteiger charge is -2.05. The summed E-state index contributed by atoms with van der Waals surface area (Å²) in [6.07, 6.45) is 3.45. The molecule has 0 aliphatic carbocycles. The Morgan fingerprint density at radius 3 is 2.35 bits per heavy atom. The van der Waals surface area contributed by atoms with E-state index >= 15 is 0 Å². The Balaban J connectivity index is 1.86. The summed E-state index contributed by atoms with van der Waals surface area (Å²) >= 11 is 0. The highest BCUT2D eigenvalue weighted by molar-refractivity contribution is 5.53. The summed E-state index contributed by atoms with van der Waals surface area (Å²) in [7, 11) is 0. The van der Waals surface area contributed by atoms with Gasteiger partial charge in [0.15, 0.2) is 5.82 Å². The smallest absolute Gasteiger partial charge is 0.182 e. The van der Waals surface area contributed by atoms with Crippen LogP contribution in [0.4, 0.5) is 0 Å². The lowest BCUT2D eigenvalue weighted by atomic mass is 10.1. The maximum atomic E-state index is 5.59. The Bertz CT molecular complexity index is 674. The zero-order valence-electron chi connectivity index (χ0n) is 10.8. The molecule has 0 amide bonds. The topological polar surface area (TPSA) is 82.5 Å². The molecule has 0 saturated carbocycles. The molecular formula is C14H14N6. The Kier molecular flexibility index (Phi) is 3.47. The van der Waals surface area contributed by atoms with Gasteiger partial charge in [0.25, 0.3) is 0 Å². The third kappa shape index (κ3) is 2.55. The monoisotopic (exact) mass is 266 g/mol. The molecule has 0 saturated heterocycles. The first-order valence-electron chi connectivity index (χ1n) is 6.31. The van der Waals surface area contributed by atoms with Crippen molar-refractivity contribution in [1.29, 1.82) is 0 Å². The molecular weight excluding hydrogens is 252 g/mol. The van der Waals surface area contributed by atoms with E-state index in [4.69, 9.17) is 5.73 Å². The van der Waals surface area contributed by atoms with Crippen molar-refractivity contribution in [3.8, 4) is 11.4 Å². The van der Waals surface area contributed by atoms with Gasteiger partial charge in [-0.3, -0.25) is 4.98 Å². The maximum Gasteiger partial charge on any atom is 0.182 e. The minimum atomic E-state index is 0.549. The second kappa shape index (κ2) is 5.58. The molecule has 0 aliphatic heterocycles. The Hall–Kier alpha value is -2.60. The van der Waals surface area contributed by atoms with Gasteiger partial charge in [0, 0.05) is 24.5 Å². The molecule has 2 N–H and O–H groups in total. The molecule has 0 aliphatic rings. The highest BCUT2D eigenvalue weighted by Crippen LogP contribution is 2.15. The summed E-state index contributed by atoms with van der Waals surface area (Å²) in [5, 5.41) is 11.9. The molecule has 2 aromatic heterocycles. The van der Waals surface area contributed by atoms with E-state index in [0.29, 0.717) is 13.1 Å². The number of hydrogen-bond donors (Lipinski definition) is 1. The number of tetrazole rings is 1. The van der Waals surface area contributed by atoms with Crippen LogP contribution in [0.25, 0.3) is 11.4 Å². The van der Waals surface area contributed by atoms with Gasteiger partial charge >= 0.3 is 0 Å². The third-order valence-electron chi connectivity index (χ3n) is 3.06. The van der Waals surface area contributed by atoms with Gasteiger partial charge in [0.2, 0.25) is 0 Å². The van der Waals surface area contributed by atoms with Crippen LogP contribution in [0.2, 0.25) is 0 Å².